The molecule has 0 N–H and O–H groups in total. The normalized spacial score (nSPS) is 10.8. The van der Waals surface area contributed by atoms with Crippen molar-refractivity contribution in [3.8, 4) is 45.6 Å². The zero-order chi connectivity index (χ0) is 28.2. The van der Waals surface area contributed by atoms with Gasteiger partial charge >= 0.3 is 0 Å². The maximum atomic E-state index is 4.95. The Bertz CT molecular complexity index is 2040. The van der Waals surface area contributed by atoms with Gasteiger partial charge < -0.3 is 37.3 Å². The van der Waals surface area contributed by atoms with Gasteiger partial charge in [0.15, 0.2) is 0 Å². The third-order valence-electron chi connectivity index (χ3n) is 7.33. The molecular weight excluding hydrogens is 608 g/mol. The van der Waals surface area contributed by atoms with E-state index < -0.39 is 0 Å². The first-order valence-corrected chi connectivity index (χ1v) is 13.9. The van der Waals surface area contributed by atoms with Crippen molar-refractivity contribution in [1.29, 1.82) is 0 Å². The van der Waals surface area contributed by atoms with Gasteiger partial charge in [-0.2, -0.15) is 0 Å². The number of aromatic nitrogens is 8. The van der Waals surface area contributed by atoms with Gasteiger partial charge in [0.25, 0.3) is 0 Å². The second-order valence-electron chi connectivity index (χ2n) is 9.67. The van der Waals surface area contributed by atoms with E-state index in [9.17, 15) is 0 Å². The van der Waals surface area contributed by atoms with Gasteiger partial charge in [-0.1, -0.05) is 118 Å². The molecule has 9 heteroatoms. The summed E-state index contributed by atoms with van der Waals surface area (Å²) in [6.45, 7) is 4.00. The van der Waals surface area contributed by atoms with Crippen LogP contribution in [-0.4, -0.2) is 29.9 Å². The van der Waals surface area contributed by atoms with Gasteiger partial charge in [-0.25, -0.2) is 9.97 Å². The van der Waals surface area contributed by atoms with E-state index in [2.05, 4.69) is 0 Å². The fourth-order valence-corrected chi connectivity index (χ4v) is 5.46. The molecule has 8 nitrogen and oxygen atoms in total. The van der Waals surface area contributed by atoms with Crippen molar-refractivity contribution in [1.82, 2.24) is 39.9 Å². The summed E-state index contributed by atoms with van der Waals surface area (Å²) < 4.78 is 0. The van der Waals surface area contributed by atoms with Crippen LogP contribution < -0.4 is 9.97 Å². The molecule has 227 valence electrons. The zero-order valence-corrected chi connectivity index (χ0v) is 25.1. The molecular formula is C36H29CuN8-3. The molecule has 2 aliphatic heterocycles. The van der Waals surface area contributed by atoms with Crippen molar-refractivity contribution >= 4 is 44.1 Å². The van der Waals surface area contributed by atoms with Gasteiger partial charge in [0.2, 0.25) is 0 Å². The fraction of sp³-hybridized carbons (Fsp3) is 0.0833. The average molecular weight is 637 g/mol. The largest absolute Gasteiger partial charge is 0.358 e. The molecule has 0 amide bonds. The number of rotatable bonds is 0. The SMILES string of the molecule is C.CC.[CH3-].[Cu].c1ccc2c(c1)-c1nc-2nc2[n-]c(nc3nc(nc4[n-]c(n1)c1ccccc41)-c1ccccc1-3)c1ccccc21. The fourth-order valence-electron chi connectivity index (χ4n) is 5.46. The monoisotopic (exact) mass is 636 g/mol. The molecule has 0 saturated carbocycles. The van der Waals surface area contributed by atoms with Gasteiger partial charge in [-0.05, 0) is 21.5 Å². The molecule has 0 fully saturated rings. The molecule has 1 radical (unpaired) electrons. The molecule has 2 aliphatic rings. The second kappa shape index (κ2) is 12.4. The molecule has 4 aromatic carbocycles. The van der Waals surface area contributed by atoms with Crippen LogP contribution in [0.3, 0.4) is 0 Å². The van der Waals surface area contributed by atoms with Gasteiger partial charge in [-0.3, -0.25) is 0 Å². The van der Waals surface area contributed by atoms with Gasteiger partial charge in [0, 0.05) is 61.9 Å². The van der Waals surface area contributed by atoms with Gasteiger partial charge in [-0.15, -0.1) is 0 Å². The number of nitrogens with zero attached hydrogens (tertiary/aromatic N) is 8. The standard InChI is InChI=1S/C32H16N8.C2H6.CH4.CH3.Cu/c1-2-10-18-17(9-1)25-33-26(18)38-28-21-13-5-6-14-22(21)30(35-28)40-32-24-16-8-7-15-23(24)31(36-32)39-29-20-12-4-3-11-19(20)27(34-29)37-25;1-2;;;/h1-16H;1-2H3;1H4;1H3;/q-2;;;-1;. The van der Waals surface area contributed by atoms with Crippen LogP contribution in [0.2, 0.25) is 0 Å². The summed E-state index contributed by atoms with van der Waals surface area (Å²) in [6, 6.07) is 31.8. The third-order valence-corrected chi connectivity index (χ3v) is 7.33. The Kier molecular flexibility index (Phi) is 8.59. The van der Waals surface area contributed by atoms with Crippen LogP contribution in [0.25, 0.3) is 89.7 Å². The molecule has 45 heavy (non-hydrogen) atoms. The van der Waals surface area contributed by atoms with E-state index in [0.717, 1.165) is 43.8 Å². The topological polar surface area (TPSA) is 106 Å². The molecule has 0 aliphatic carbocycles. The Hall–Kier alpha value is -5.24. The van der Waals surface area contributed by atoms with E-state index in [1.165, 1.54) is 0 Å². The predicted molar refractivity (Wildman–Crippen MR) is 178 cm³/mol. The first kappa shape index (κ1) is 31.2. The molecule has 8 bridgehead atoms. The summed E-state index contributed by atoms with van der Waals surface area (Å²) in [4.78, 5) is 39.3. The molecule has 0 atom stereocenters. The second-order valence-corrected chi connectivity index (χ2v) is 9.67. The molecule has 9 rings (SSSR count). The first-order valence-electron chi connectivity index (χ1n) is 13.9. The number of hydrogen-bond acceptors (Lipinski definition) is 6. The summed E-state index contributed by atoms with van der Waals surface area (Å²) in [5.74, 6) is 2.21. The minimum absolute atomic E-state index is 0. The van der Waals surface area contributed by atoms with Crippen molar-refractivity contribution in [2.45, 2.75) is 21.3 Å². The minimum Gasteiger partial charge on any atom is -0.358 e. The Balaban J connectivity index is 0.000000786. The Morgan fingerprint density at radius 2 is 0.600 bits per heavy atom. The number of fused-ring (bicyclic) bond motifs is 20. The quantitative estimate of drug-likeness (QED) is 0.121. The van der Waals surface area contributed by atoms with Crippen LogP contribution in [0.5, 0.6) is 0 Å². The van der Waals surface area contributed by atoms with Crippen molar-refractivity contribution in [3.63, 3.8) is 0 Å². The Morgan fingerprint density at radius 3 is 0.844 bits per heavy atom. The molecule has 3 aromatic heterocycles. The maximum absolute atomic E-state index is 4.95. The van der Waals surface area contributed by atoms with Crippen molar-refractivity contribution in [2.75, 3.05) is 0 Å². The third kappa shape index (κ3) is 4.96. The van der Waals surface area contributed by atoms with E-state index in [0.29, 0.717) is 45.9 Å². The van der Waals surface area contributed by atoms with E-state index in [1.807, 2.05) is 111 Å². The van der Waals surface area contributed by atoms with Crippen LogP contribution in [0.4, 0.5) is 0 Å². The van der Waals surface area contributed by atoms with Crippen molar-refractivity contribution in [2.24, 2.45) is 0 Å². The number of hydrogen-bond donors (Lipinski definition) is 0. The smallest absolute Gasteiger partial charge is 0.0927 e. The van der Waals surface area contributed by atoms with Crippen molar-refractivity contribution < 1.29 is 17.1 Å². The van der Waals surface area contributed by atoms with Crippen LogP contribution >= 0.6 is 0 Å². The van der Waals surface area contributed by atoms with Crippen LogP contribution in [-0.2, 0) is 17.1 Å². The number of benzene rings is 4. The summed E-state index contributed by atoms with van der Waals surface area (Å²) in [6.07, 6.45) is 0. The predicted octanol–water partition coefficient (Wildman–Crippen LogP) is 8.24. The summed E-state index contributed by atoms with van der Waals surface area (Å²) in [7, 11) is 0. The summed E-state index contributed by atoms with van der Waals surface area (Å²) in [5, 5.41) is 3.57. The zero-order valence-electron chi connectivity index (χ0n) is 24.1. The van der Waals surface area contributed by atoms with Crippen LogP contribution in [0.1, 0.15) is 21.3 Å². The van der Waals surface area contributed by atoms with Crippen LogP contribution in [0.15, 0.2) is 97.1 Å². The van der Waals surface area contributed by atoms with Crippen molar-refractivity contribution in [3.05, 3.63) is 104 Å². The molecule has 0 spiro atoms. The van der Waals surface area contributed by atoms with E-state index in [-0.39, 0.29) is 31.9 Å². The molecule has 0 unspecified atom stereocenters. The maximum Gasteiger partial charge on any atom is 0.0927 e. The van der Waals surface area contributed by atoms with E-state index in [1.54, 1.807) is 0 Å². The molecule has 0 saturated heterocycles. The summed E-state index contributed by atoms with van der Waals surface area (Å²) >= 11 is 0. The summed E-state index contributed by atoms with van der Waals surface area (Å²) in [5.41, 5.74) is 5.78. The van der Waals surface area contributed by atoms with Gasteiger partial charge in [0.05, 0.1) is 23.3 Å². The van der Waals surface area contributed by atoms with Crippen LogP contribution in [0, 0.1) is 7.43 Å². The molecule has 5 heterocycles. The first-order chi connectivity index (χ1) is 20.8. The average Bonchev–Trinajstić information content (AvgIpc) is 3.78. The minimum atomic E-state index is 0. The molecule has 7 aromatic rings. The Labute approximate surface area is 271 Å². The Morgan fingerprint density at radius 1 is 0.378 bits per heavy atom. The van der Waals surface area contributed by atoms with E-state index in [4.69, 9.17) is 39.9 Å². The van der Waals surface area contributed by atoms with Gasteiger partial charge in [0.1, 0.15) is 0 Å². The van der Waals surface area contributed by atoms with E-state index >= 15 is 0 Å².